The van der Waals surface area contributed by atoms with E-state index in [2.05, 4.69) is 9.80 Å². The van der Waals surface area contributed by atoms with E-state index >= 15 is 0 Å². The van der Waals surface area contributed by atoms with Crippen LogP contribution in [0.5, 0.6) is 5.75 Å². The van der Waals surface area contributed by atoms with E-state index in [1.54, 1.807) is 33.1 Å². The summed E-state index contributed by atoms with van der Waals surface area (Å²) in [5.41, 5.74) is 2.02. The number of rotatable bonds is 8. The molecule has 5 rings (SSSR count). The average molecular weight is 529 g/mol. The van der Waals surface area contributed by atoms with Crippen molar-refractivity contribution in [3.63, 3.8) is 0 Å². The molecule has 1 aromatic carbocycles. The van der Waals surface area contributed by atoms with Gasteiger partial charge in [-0.2, -0.15) is 4.31 Å². The second-order valence-corrected chi connectivity index (χ2v) is 12.7. The summed E-state index contributed by atoms with van der Waals surface area (Å²) >= 11 is 0. The highest BCUT2D eigenvalue weighted by molar-refractivity contribution is 7.89. The number of fused-ring (bicyclic) bond motifs is 1. The first-order valence-corrected chi connectivity index (χ1v) is 15.0. The number of Topliss-reactive ketones (excluding diaryl/α,β-unsaturated/α-hetero) is 1. The van der Waals surface area contributed by atoms with Crippen LogP contribution in [-0.2, 0) is 21.4 Å². The summed E-state index contributed by atoms with van der Waals surface area (Å²) in [6, 6.07) is 6.83. The van der Waals surface area contributed by atoms with Gasteiger partial charge >= 0.3 is 0 Å². The van der Waals surface area contributed by atoms with Crippen LogP contribution in [0.2, 0.25) is 0 Å². The molecule has 8 nitrogen and oxygen atoms in total. The van der Waals surface area contributed by atoms with Crippen molar-refractivity contribution in [3.8, 4) is 5.75 Å². The molecule has 4 heterocycles. The standard InChI is InChI=1S/C28H40N4O4S/c1-21-17-24(36-3)18-22(2)28(21)37(34,35)32-16-15-30-13-8-10-25(30)27(32)26(33)20-31-14-7-9-23(31)19-29-11-5-4-6-12-29/h8,10,13,17-18,23,27H,4-7,9,11-12,14-16,19-20H2,1-3H3. The highest BCUT2D eigenvalue weighted by Crippen LogP contribution is 2.36. The number of aromatic nitrogens is 1. The molecule has 0 saturated carbocycles. The highest BCUT2D eigenvalue weighted by Gasteiger charge is 2.43. The van der Waals surface area contributed by atoms with Crippen LogP contribution >= 0.6 is 0 Å². The van der Waals surface area contributed by atoms with Gasteiger partial charge in [0, 0.05) is 37.6 Å². The van der Waals surface area contributed by atoms with Gasteiger partial charge in [-0.15, -0.1) is 0 Å². The summed E-state index contributed by atoms with van der Waals surface area (Å²) in [7, 11) is -2.34. The summed E-state index contributed by atoms with van der Waals surface area (Å²) < 4.78 is 37.1. The summed E-state index contributed by atoms with van der Waals surface area (Å²) in [5, 5.41) is 0. The number of carbonyl (C=O) groups excluding carboxylic acids is 1. The van der Waals surface area contributed by atoms with Crippen molar-refractivity contribution in [1.82, 2.24) is 18.7 Å². The Bertz CT molecular complexity index is 1210. The molecule has 0 bridgehead atoms. The van der Waals surface area contributed by atoms with Gasteiger partial charge in [-0.1, -0.05) is 6.42 Å². The Morgan fingerprint density at radius 3 is 2.43 bits per heavy atom. The largest absolute Gasteiger partial charge is 0.497 e. The third-order valence-electron chi connectivity index (χ3n) is 8.31. The fraction of sp³-hybridized carbons (Fsp3) is 0.607. The maximum absolute atomic E-state index is 14.1. The van der Waals surface area contributed by atoms with E-state index < -0.39 is 16.1 Å². The molecule has 3 aliphatic heterocycles. The van der Waals surface area contributed by atoms with E-state index in [1.807, 2.05) is 22.9 Å². The van der Waals surface area contributed by atoms with Gasteiger partial charge in [0.1, 0.15) is 11.8 Å². The molecule has 0 spiro atoms. The molecule has 0 radical (unpaired) electrons. The lowest BCUT2D eigenvalue weighted by atomic mass is 10.1. The third kappa shape index (κ3) is 5.24. The molecule has 0 N–H and O–H groups in total. The van der Waals surface area contributed by atoms with E-state index in [-0.39, 0.29) is 23.8 Å². The predicted molar refractivity (Wildman–Crippen MR) is 143 cm³/mol. The predicted octanol–water partition coefficient (Wildman–Crippen LogP) is 3.38. The van der Waals surface area contributed by atoms with Crippen molar-refractivity contribution in [1.29, 1.82) is 0 Å². The number of carbonyl (C=O) groups is 1. The average Bonchev–Trinajstić information content (AvgIpc) is 3.52. The monoisotopic (exact) mass is 528 g/mol. The van der Waals surface area contributed by atoms with Gasteiger partial charge < -0.3 is 14.2 Å². The van der Waals surface area contributed by atoms with Gasteiger partial charge in [-0.05, 0) is 94.6 Å². The molecule has 37 heavy (non-hydrogen) atoms. The molecule has 0 aliphatic carbocycles. The molecule has 2 aromatic rings. The summed E-state index contributed by atoms with van der Waals surface area (Å²) in [6.07, 6.45) is 7.93. The maximum atomic E-state index is 14.1. The van der Waals surface area contributed by atoms with Crippen molar-refractivity contribution >= 4 is 15.8 Å². The van der Waals surface area contributed by atoms with Crippen LogP contribution in [0, 0.1) is 13.8 Å². The zero-order valence-corrected chi connectivity index (χ0v) is 23.2. The number of likely N-dealkylation sites (tertiary alicyclic amines) is 2. The number of ketones is 1. The minimum atomic E-state index is -3.92. The molecule has 2 saturated heterocycles. The number of nitrogens with zero attached hydrogens (tertiary/aromatic N) is 4. The molecular weight excluding hydrogens is 488 g/mol. The summed E-state index contributed by atoms with van der Waals surface area (Å²) in [5.74, 6) is 0.584. The molecule has 0 amide bonds. The second-order valence-electron chi connectivity index (χ2n) is 10.8. The lowest BCUT2D eigenvalue weighted by molar-refractivity contribution is -0.125. The summed E-state index contributed by atoms with van der Waals surface area (Å²) in [4.78, 5) is 19.1. The van der Waals surface area contributed by atoms with Gasteiger partial charge in [-0.25, -0.2) is 8.42 Å². The molecule has 2 unspecified atom stereocenters. The van der Waals surface area contributed by atoms with E-state index in [0.29, 0.717) is 29.5 Å². The second kappa shape index (κ2) is 10.9. The van der Waals surface area contributed by atoms with Crippen LogP contribution in [0.25, 0.3) is 0 Å². The first-order valence-electron chi connectivity index (χ1n) is 13.6. The van der Waals surface area contributed by atoms with Crippen molar-refractivity contribution in [2.45, 2.75) is 69.5 Å². The van der Waals surface area contributed by atoms with Crippen LogP contribution in [0.3, 0.4) is 0 Å². The number of benzene rings is 1. The molecule has 1 aromatic heterocycles. The van der Waals surface area contributed by atoms with Crippen LogP contribution < -0.4 is 4.74 Å². The number of hydrogen-bond donors (Lipinski definition) is 0. The number of methoxy groups -OCH3 is 1. The van der Waals surface area contributed by atoms with Crippen LogP contribution in [0.1, 0.15) is 55.0 Å². The minimum absolute atomic E-state index is 0.0439. The first-order chi connectivity index (χ1) is 17.8. The maximum Gasteiger partial charge on any atom is 0.244 e. The number of piperidine rings is 1. The van der Waals surface area contributed by atoms with Crippen LogP contribution in [0.4, 0.5) is 0 Å². The number of ether oxygens (including phenoxy) is 1. The fourth-order valence-corrected chi connectivity index (χ4v) is 8.53. The number of sulfonamides is 1. The smallest absolute Gasteiger partial charge is 0.244 e. The molecule has 9 heteroatoms. The number of hydrogen-bond acceptors (Lipinski definition) is 6. The zero-order valence-electron chi connectivity index (χ0n) is 22.4. The molecular formula is C28H40N4O4S. The molecule has 2 fully saturated rings. The van der Waals surface area contributed by atoms with E-state index in [9.17, 15) is 13.2 Å². The minimum Gasteiger partial charge on any atom is -0.497 e. The van der Waals surface area contributed by atoms with Crippen LogP contribution in [-0.4, -0.2) is 85.3 Å². The highest BCUT2D eigenvalue weighted by atomic mass is 32.2. The van der Waals surface area contributed by atoms with Gasteiger partial charge in [0.15, 0.2) is 5.78 Å². The van der Waals surface area contributed by atoms with Crippen molar-refractivity contribution in [2.24, 2.45) is 0 Å². The Balaban J connectivity index is 1.42. The lowest BCUT2D eigenvalue weighted by Gasteiger charge is -2.37. The third-order valence-corrected chi connectivity index (χ3v) is 10.5. The molecule has 3 aliphatic rings. The zero-order chi connectivity index (χ0) is 26.2. The van der Waals surface area contributed by atoms with Gasteiger partial charge in [-0.3, -0.25) is 9.69 Å². The quantitative estimate of drug-likeness (QED) is 0.523. The topological polar surface area (TPSA) is 75.1 Å². The van der Waals surface area contributed by atoms with Crippen molar-refractivity contribution in [2.75, 3.05) is 46.4 Å². The van der Waals surface area contributed by atoms with Crippen molar-refractivity contribution < 1.29 is 17.9 Å². The SMILES string of the molecule is COc1cc(C)c(S(=O)(=O)N2CCn3cccc3C2C(=O)CN2CCCC2CN2CCCCC2)c(C)c1. The molecule has 202 valence electrons. The van der Waals surface area contributed by atoms with Gasteiger partial charge in [0.2, 0.25) is 10.0 Å². The van der Waals surface area contributed by atoms with E-state index in [4.69, 9.17) is 4.74 Å². The Hall–Kier alpha value is -2.20. The van der Waals surface area contributed by atoms with E-state index in [1.165, 1.54) is 23.6 Å². The molecule has 2 atom stereocenters. The Morgan fingerprint density at radius 2 is 1.73 bits per heavy atom. The van der Waals surface area contributed by atoms with Gasteiger partial charge in [0.05, 0.1) is 18.6 Å². The summed E-state index contributed by atoms with van der Waals surface area (Å²) in [6.45, 7) is 8.83. The van der Waals surface area contributed by atoms with Crippen LogP contribution in [0.15, 0.2) is 35.4 Å². The number of aryl methyl sites for hydroxylation is 2. The Kier molecular flexibility index (Phi) is 7.77. The normalized spacial score (nSPS) is 23.8. The lowest BCUT2D eigenvalue weighted by Crippen LogP contribution is -2.49. The fourth-order valence-electron chi connectivity index (χ4n) is 6.54. The first kappa shape index (κ1) is 26.4. The van der Waals surface area contributed by atoms with E-state index in [0.717, 1.165) is 44.7 Å². The van der Waals surface area contributed by atoms with Crippen molar-refractivity contribution in [3.05, 3.63) is 47.3 Å². The van der Waals surface area contributed by atoms with Gasteiger partial charge in [0.25, 0.3) is 0 Å². The Morgan fingerprint density at radius 1 is 1.00 bits per heavy atom. The Labute approximate surface area is 221 Å².